The molecule has 2 N–H and O–H groups in total. The number of aryl methyl sites for hydroxylation is 1. The van der Waals surface area contributed by atoms with Crippen LogP contribution in [0, 0.1) is 6.92 Å². The molecule has 0 saturated heterocycles. The van der Waals surface area contributed by atoms with Gasteiger partial charge >= 0.3 is 5.97 Å². The average Bonchev–Trinajstić information content (AvgIpc) is 3.69. The van der Waals surface area contributed by atoms with Crippen molar-refractivity contribution in [1.29, 1.82) is 0 Å². The first-order valence-electron chi connectivity index (χ1n) is 14.9. The number of ketones is 3. The van der Waals surface area contributed by atoms with Crippen molar-refractivity contribution in [2.45, 2.75) is 84.5 Å². The van der Waals surface area contributed by atoms with Crippen molar-refractivity contribution in [2.75, 3.05) is 7.11 Å². The minimum Gasteiger partial charge on any atom is -0.469 e. The van der Waals surface area contributed by atoms with Crippen LogP contribution in [-0.2, 0) is 14.3 Å². The number of H-pyrrole nitrogens is 2. The van der Waals surface area contributed by atoms with Gasteiger partial charge in [0.25, 0.3) is 0 Å². The van der Waals surface area contributed by atoms with E-state index in [0.29, 0.717) is 51.4 Å². The number of ether oxygens (including phenoxy) is 1. The molecule has 8 bridgehead atoms. The van der Waals surface area contributed by atoms with Crippen LogP contribution in [0.15, 0.2) is 18.2 Å². The summed E-state index contributed by atoms with van der Waals surface area (Å²) in [6.07, 6.45) is 1.42. The number of carbonyl (C=O) groups excluding carboxylic acids is 4. The zero-order valence-corrected chi connectivity index (χ0v) is 25.6. The van der Waals surface area contributed by atoms with Gasteiger partial charge in [0.05, 0.1) is 40.8 Å². The zero-order valence-electron chi connectivity index (χ0n) is 25.6. The van der Waals surface area contributed by atoms with Crippen LogP contribution in [0.25, 0.3) is 22.2 Å². The van der Waals surface area contributed by atoms with E-state index in [1.807, 2.05) is 39.0 Å². The van der Waals surface area contributed by atoms with E-state index < -0.39 is 11.6 Å². The molecular formula is C34H36N4O5. The van der Waals surface area contributed by atoms with Gasteiger partial charge in [-0.15, -0.1) is 0 Å². The highest BCUT2D eigenvalue weighted by Gasteiger charge is 2.41. The molecule has 0 unspecified atom stereocenters. The van der Waals surface area contributed by atoms with Gasteiger partial charge in [-0.2, -0.15) is 0 Å². The quantitative estimate of drug-likeness (QED) is 0.309. The average molecular weight is 581 g/mol. The molecule has 0 fully saturated rings. The molecule has 43 heavy (non-hydrogen) atoms. The van der Waals surface area contributed by atoms with Crippen molar-refractivity contribution in [3.8, 4) is 0 Å². The monoisotopic (exact) mass is 580 g/mol. The van der Waals surface area contributed by atoms with E-state index in [2.05, 4.69) is 23.8 Å². The molecule has 0 aromatic carbocycles. The molecule has 9 heteroatoms. The van der Waals surface area contributed by atoms with E-state index in [0.717, 1.165) is 28.9 Å². The highest BCUT2D eigenvalue weighted by atomic mass is 16.5. The van der Waals surface area contributed by atoms with Gasteiger partial charge < -0.3 is 14.7 Å². The van der Waals surface area contributed by atoms with Crippen LogP contribution in [0.2, 0.25) is 0 Å². The summed E-state index contributed by atoms with van der Waals surface area (Å²) in [5.74, 6) is -1.73. The predicted octanol–water partition coefficient (Wildman–Crippen LogP) is 6.38. The summed E-state index contributed by atoms with van der Waals surface area (Å²) >= 11 is 0. The number of aromatic nitrogens is 4. The van der Waals surface area contributed by atoms with Gasteiger partial charge in [-0.3, -0.25) is 24.2 Å². The number of methoxy groups -OCH3 is 1. The third kappa shape index (κ3) is 4.36. The Morgan fingerprint density at radius 1 is 0.907 bits per heavy atom. The number of hydrogen-bond donors (Lipinski definition) is 2. The Hall–Kier alpha value is -4.40. The number of allylic oxidation sites excluding steroid dienone is 2. The van der Waals surface area contributed by atoms with Gasteiger partial charge in [0, 0.05) is 58.3 Å². The first-order valence-corrected chi connectivity index (χ1v) is 14.9. The van der Waals surface area contributed by atoms with Crippen LogP contribution in [-0.4, -0.2) is 50.4 Å². The second-order valence-electron chi connectivity index (χ2n) is 12.1. The Morgan fingerprint density at radius 2 is 1.63 bits per heavy atom. The fourth-order valence-corrected chi connectivity index (χ4v) is 7.21. The molecule has 4 aliphatic rings. The number of Topliss-reactive ketones (excluding diaryl/α,β-unsaturated/α-hetero) is 3. The maximum atomic E-state index is 13.6. The summed E-state index contributed by atoms with van der Waals surface area (Å²) in [5, 5.41) is 0. The second-order valence-corrected chi connectivity index (χ2v) is 12.1. The SMILES string of the molecule is CC[C@@H]1c2cc3[nH]c4c(c5nc(cc6nc(cc([nH]2)[C@H]1C)C(C(C)=O)=C6C)[C@@H](C)[C@@H]5CCC(=O)OC)C(=O)C(=O)c4c3C. The standard InChI is InChI=1S/C34H36N4O5/c1-8-19-14(2)21-13-26-28(18(6)39)16(4)23(36-26)11-22-15(3)20(9-10-27(40)43-7)31(37-22)30-32-29(33(41)34(30)42)17(5)24(38-32)12-25(19)35-21/h11-15,19-20,35,38H,8-10H2,1-7H3/t14-,15-,19-,20-/m0/s1. The lowest BCUT2D eigenvalue weighted by molar-refractivity contribution is -0.140. The van der Waals surface area contributed by atoms with Gasteiger partial charge in [0.15, 0.2) is 5.78 Å². The predicted molar refractivity (Wildman–Crippen MR) is 163 cm³/mol. The maximum absolute atomic E-state index is 13.6. The van der Waals surface area contributed by atoms with E-state index >= 15 is 0 Å². The normalized spacial score (nSPS) is 21.8. The zero-order chi connectivity index (χ0) is 30.9. The van der Waals surface area contributed by atoms with Crippen molar-refractivity contribution >= 4 is 45.5 Å². The number of hydrogen-bond acceptors (Lipinski definition) is 7. The topological polar surface area (TPSA) is 135 Å². The van der Waals surface area contributed by atoms with Gasteiger partial charge in [0.1, 0.15) is 0 Å². The molecule has 0 radical (unpaired) electrons. The number of nitrogens with one attached hydrogen (secondary N) is 2. The first kappa shape index (κ1) is 28.7. The van der Waals surface area contributed by atoms with Gasteiger partial charge in [-0.1, -0.05) is 20.8 Å². The number of carbonyl (C=O) groups is 4. The summed E-state index contributed by atoms with van der Waals surface area (Å²) in [4.78, 5) is 68.9. The van der Waals surface area contributed by atoms with Crippen LogP contribution in [0.1, 0.15) is 138 Å². The Kier molecular flexibility index (Phi) is 6.94. The minimum absolute atomic E-state index is 0.0696. The highest BCUT2D eigenvalue weighted by Crippen LogP contribution is 2.45. The molecule has 6 rings (SSSR count). The second kappa shape index (κ2) is 10.4. The lowest BCUT2D eigenvalue weighted by Gasteiger charge is -2.16. The Balaban J connectivity index is 1.74. The van der Waals surface area contributed by atoms with Crippen LogP contribution in [0.4, 0.5) is 0 Å². The molecular weight excluding hydrogens is 544 g/mol. The Labute approximate surface area is 249 Å². The number of aromatic amines is 2. The van der Waals surface area contributed by atoms with Gasteiger partial charge in [-0.05, 0) is 62.9 Å². The highest BCUT2D eigenvalue weighted by molar-refractivity contribution is 6.56. The molecule has 2 aromatic heterocycles. The van der Waals surface area contributed by atoms with Crippen LogP contribution < -0.4 is 0 Å². The van der Waals surface area contributed by atoms with Crippen molar-refractivity contribution in [3.63, 3.8) is 0 Å². The number of rotatable bonds is 5. The lowest BCUT2D eigenvalue weighted by atomic mass is 9.85. The van der Waals surface area contributed by atoms with Crippen LogP contribution in [0.3, 0.4) is 0 Å². The number of esters is 1. The molecule has 1 aliphatic carbocycles. The largest absolute Gasteiger partial charge is 0.469 e. The van der Waals surface area contributed by atoms with Crippen molar-refractivity contribution in [3.05, 3.63) is 69.1 Å². The molecule has 222 valence electrons. The van der Waals surface area contributed by atoms with Crippen molar-refractivity contribution in [2.24, 2.45) is 0 Å². The molecule has 0 amide bonds. The number of nitrogens with zero attached hydrogens (tertiary/aromatic N) is 2. The minimum atomic E-state index is -0.590. The summed E-state index contributed by atoms with van der Waals surface area (Å²) in [7, 11) is 1.35. The fraction of sp³-hybridized carbons (Fsp3) is 0.412. The summed E-state index contributed by atoms with van der Waals surface area (Å²) in [6, 6.07) is 5.88. The number of fused-ring (bicyclic) bond motifs is 8. The Bertz CT molecular complexity index is 1860. The van der Waals surface area contributed by atoms with Gasteiger partial charge in [0.2, 0.25) is 11.6 Å². The summed E-state index contributed by atoms with van der Waals surface area (Å²) < 4.78 is 4.90. The molecule has 3 aliphatic heterocycles. The van der Waals surface area contributed by atoms with Crippen LogP contribution in [0.5, 0.6) is 0 Å². The van der Waals surface area contributed by atoms with Crippen molar-refractivity contribution < 1.29 is 23.9 Å². The third-order valence-corrected chi connectivity index (χ3v) is 9.72. The van der Waals surface area contributed by atoms with E-state index in [-0.39, 0.29) is 47.4 Å². The molecule has 0 saturated carbocycles. The van der Waals surface area contributed by atoms with E-state index in [1.54, 1.807) is 6.92 Å². The molecule has 4 atom stereocenters. The lowest BCUT2D eigenvalue weighted by Crippen LogP contribution is -2.13. The fourth-order valence-electron chi connectivity index (χ4n) is 7.21. The smallest absolute Gasteiger partial charge is 0.305 e. The molecule has 0 spiro atoms. The van der Waals surface area contributed by atoms with E-state index in [9.17, 15) is 19.2 Å². The molecule has 9 nitrogen and oxygen atoms in total. The summed E-state index contributed by atoms with van der Waals surface area (Å²) in [6.45, 7) is 11.6. The van der Waals surface area contributed by atoms with E-state index in [4.69, 9.17) is 14.7 Å². The molecule has 5 heterocycles. The Morgan fingerprint density at radius 3 is 2.30 bits per heavy atom. The maximum Gasteiger partial charge on any atom is 0.305 e. The first-order chi connectivity index (χ1) is 20.5. The molecule has 2 aromatic rings. The van der Waals surface area contributed by atoms with Crippen LogP contribution >= 0.6 is 0 Å². The van der Waals surface area contributed by atoms with Gasteiger partial charge in [-0.25, -0.2) is 4.98 Å². The van der Waals surface area contributed by atoms with Crippen molar-refractivity contribution in [1.82, 2.24) is 19.9 Å². The summed E-state index contributed by atoms with van der Waals surface area (Å²) in [5.41, 5.74) is 8.32. The third-order valence-electron chi connectivity index (χ3n) is 9.72. The van der Waals surface area contributed by atoms with E-state index in [1.165, 1.54) is 7.11 Å².